The summed E-state index contributed by atoms with van der Waals surface area (Å²) in [7, 11) is 1.74. The van der Waals surface area contributed by atoms with Crippen LogP contribution >= 0.6 is 0 Å². The maximum Gasteiger partial charge on any atom is 0.419 e. The Morgan fingerprint density at radius 1 is 1.14 bits per heavy atom. The van der Waals surface area contributed by atoms with Crippen molar-refractivity contribution in [1.82, 2.24) is 34.7 Å². The van der Waals surface area contributed by atoms with Crippen LogP contribution in [0.4, 0.5) is 24.8 Å². The Bertz CT molecular complexity index is 1050. The number of hydrogen-bond acceptors (Lipinski definition) is 6. The number of nitrogens with one attached hydrogen (secondary N) is 1. The number of aryl methyl sites for hydroxylation is 2. The number of rotatable bonds is 5. The predicted octanol–water partition coefficient (Wildman–Crippen LogP) is 3.53. The molecule has 0 unspecified atom stereocenters. The molecular formula is C18H21F3N8. The number of hydrogen-bond donors (Lipinski definition) is 1. The molecule has 0 saturated heterocycles. The van der Waals surface area contributed by atoms with Crippen LogP contribution in [0, 0.1) is 6.92 Å². The van der Waals surface area contributed by atoms with Gasteiger partial charge in [-0.15, -0.1) is 0 Å². The van der Waals surface area contributed by atoms with E-state index in [1.165, 1.54) is 4.80 Å². The molecule has 3 aromatic rings. The van der Waals surface area contributed by atoms with Crippen LogP contribution in [0.2, 0.25) is 0 Å². The average molecular weight is 406 g/mol. The van der Waals surface area contributed by atoms with Gasteiger partial charge in [0, 0.05) is 25.4 Å². The number of anilines is 2. The van der Waals surface area contributed by atoms with Gasteiger partial charge in [-0.1, -0.05) is 0 Å². The lowest BCUT2D eigenvalue weighted by molar-refractivity contribution is -0.138. The van der Waals surface area contributed by atoms with Gasteiger partial charge in [-0.3, -0.25) is 4.68 Å². The summed E-state index contributed by atoms with van der Waals surface area (Å²) in [5, 5.41) is 16.0. The third kappa shape index (κ3) is 3.68. The number of halogens is 3. The minimum absolute atomic E-state index is 0.0555. The van der Waals surface area contributed by atoms with E-state index < -0.39 is 17.3 Å². The van der Waals surface area contributed by atoms with Gasteiger partial charge >= 0.3 is 6.18 Å². The highest BCUT2D eigenvalue weighted by atomic mass is 19.4. The van der Waals surface area contributed by atoms with Crippen LogP contribution in [0.15, 0.2) is 18.6 Å². The van der Waals surface area contributed by atoms with Crippen LogP contribution in [0.25, 0.3) is 0 Å². The van der Waals surface area contributed by atoms with Crippen molar-refractivity contribution >= 4 is 11.6 Å². The van der Waals surface area contributed by atoms with E-state index in [1.807, 2.05) is 13.8 Å². The van der Waals surface area contributed by atoms with Gasteiger partial charge in [0.25, 0.3) is 0 Å². The quantitative estimate of drug-likeness (QED) is 0.698. The summed E-state index contributed by atoms with van der Waals surface area (Å²) in [5.74, 6) is -0.0329. The minimum atomic E-state index is -4.46. The molecule has 0 atom stereocenters. The van der Waals surface area contributed by atoms with E-state index in [0.29, 0.717) is 24.2 Å². The second-order valence-electron chi connectivity index (χ2n) is 7.74. The molecule has 1 aliphatic rings. The van der Waals surface area contributed by atoms with Gasteiger partial charge in [-0.2, -0.15) is 33.3 Å². The Labute approximate surface area is 165 Å². The molecule has 0 spiro atoms. The first-order valence-electron chi connectivity index (χ1n) is 9.20. The van der Waals surface area contributed by atoms with Crippen molar-refractivity contribution in [1.29, 1.82) is 0 Å². The third-order valence-corrected chi connectivity index (χ3v) is 5.03. The standard InChI is InChI=1S/C18H21F3N8/c1-10-13(9-29(26-10)17(2,3)14-8-23-28(4)27-14)24-16-22-7-12(18(19,20)21)15(25-16)11-5-6-11/h7-9,11H,5-6H2,1-4H3,(H,22,24,25). The van der Waals surface area contributed by atoms with Crippen molar-refractivity contribution in [3.8, 4) is 0 Å². The molecule has 0 amide bonds. The fraction of sp³-hybridized carbons (Fsp3) is 0.500. The number of nitrogens with zero attached hydrogens (tertiary/aromatic N) is 7. The molecule has 1 N–H and O–H groups in total. The Morgan fingerprint density at radius 3 is 2.45 bits per heavy atom. The molecule has 1 saturated carbocycles. The number of aromatic nitrogens is 7. The van der Waals surface area contributed by atoms with Crippen molar-refractivity contribution in [3.05, 3.63) is 41.2 Å². The second-order valence-corrected chi connectivity index (χ2v) is 7.74. The molecule has 11 heteroatoms. The summed E-state index contributed by atoms with van der Waals surface area (Å²) in [4.78, 5) is 9.52. The van der Waals surface area contributed by atoms with E-state index in [-0.39, 0.29) is 17.6 Å². The van der Waals surface area contributed by atoms with E-state index in [0.717, 1.165) is 11.9 Å². The normalized spacial score (nSPS) is 15.0. The zero-order valence-electron chi connectivity index (χ0n) is 16.5. The molecule has 3 heterocycles. The smallest absolute Gasteiger partial charge is 0.321 e. The van der Waals surface area contributed by atoms with Crippen LogP contribution < -0.4 is 5.32 Å². The fourth-order valence-corrected chi connectivity index (χ4v) is 3.07. The maximum absolute atomic E-state index is 13.2. The van der Waals surface area contributed by atoms with Gasteiger partial charge in [0.1, 0.15) is 11.2 Å². The summed E-state index contributed by atoms with van der Waals surface area (Å²) < 4.78 is 41.4. The van der Waals surface area contributed by atoms with Gasteiger partial charge in [-0.05, 0) is 33.6 Å². The molecule has 0 radical (unpaired) electrons. The van der Waals surface area contributed by atoms with Crippen LogP contribution in [-0.4, -0.2) is 34.7 Å². The largest absolute Gasteiger partial charge is 0.419 e. The van der Waals surface area contributed by atoms with Crippen LogP contribution in [0.1, 0.15) is 55.3 Å². The minimum Gasteiger partial charge on any atom is -0.321 e. The molecule has 0 aromatic carbocycles. The van der Waals surface area contributed by atoms with E-state index in [9.17, 15) is 13.2 Å². The zero-order chi connectivity index (χ0) is 21.0. The first-order chi connectivity index (χ1) is 13.6. The van der Waals surface area contributed by atoms with Gasteiger partial charge < -0.3 is 5.32 Å². The maximum atomic E-state index is 13.2. The number of alkyl halides is 3. The van der Waals surface area contributed by atoms with Crippen molar-refractivity contribution in [2.45, 2.75) is 51.2 Å². The first kappa shape index (κ1) is 19.3. The van der Waals surface area contributed by atoms with Crippen molar-refractivity contribution in [2.24, 2.45) is 7.05 Å². The van der Waals surface area contributed by atoms with Gasteiger partial charge in [-0.25, -0.2) is 9.97 Å². The van der Waals surface area contributed by atoms with Gasteiger partial charge in [0.15, 0.2) is 0 Å². The lowest BCUT2D eigenvalue weighted by atomic mass is 10.0. The summed E-state index contributed by atoms with van der Waals surface area (Å²) in [5.41, 5.74) is 0.735. The summed E-state index contributed by atoms with van der Waals surface area (Å²) in [6, 6.07) is 0. The third-order valence-electron chi connectivity index (χ3n) is 5.03. The fourth-order valence-electron chi connectivity index (χ4n) is 3.07. The monoisotopic (exact) mass is 406 g/mol. The highest BCUT2D eigenvalue weighted by Crippen LogP contribution is 2.45. The molecule has 8 nitrogen and oxygen atoms in total. The van der Waals surface area contributed by atoms with Crippen LogP contribution in [-0.2, 0) is 18.8 Å². The van der Waals surface area contributed by atoms with Crippen molar-refractivity contribution in [2.75, 3.05) is 5.32 Å². The Morgan fingerprint density at radius 2 is 1.86 bits per heavy atom. The van der Waals surface area contributed by atoms with Crippen LogP contribution in [0.3, 0.4) is 0 Å². The van der Waals surface area contributed by atoms with E-state index in [1.54, 1.807) is 31.0 Å². The molecule has 29 heavy (non-hydrogen) atoms. The van der Waals surface area contributed by atoms with E-state index >= 15 is 0 Å². The predicted molar refractivity (Wildman–Crippen MR) is 98.7 cm³/mol. The Balaban J connectivity index is 1.63. The molecular weight excluding hydrogens is 385 g/mol. The van der Waals surface area contributed by atoms with Crippen molar-refractivity contribution < 1.29 is 13.2 Å². The molecule has 3 aromatic heterocycles. The molecule has 0 aliphatic heterocycles. The lowest BCUT2D eigenvalue weighted by Gasteiger charge is -2.22. The van der Waals surface area contributed by atoms with Gasteiger partial charge in [0.2, 0.25) is 5.95 Å². The average Bonchev–Trinajstić information content (AvgIpc) is 3.29. The second kappa shape index (κ2) is 6.53. The summed E-state index contributed by atoms with van der Waals surface area (Å²) in [6.07, 6.45) is 1.25. The van der Waals surface area contributed by atoms with Crippen molar-refractivity contribution in [3.63, 3.8) is 0 Å². The van der Waals surface area contributed by atoms with Gasteiger partial charge in [0.05, 0.1) is 28.8 Å². The van der Waals surface area contributed by atoms with E-state index in [4.69, 9.17) is 0 Å². The highest BCUT2D eigenvalue weighted by Gasteiger charge is 2.40. The molecule has 1 aliphatic carbocycles. The molecule has 4 rings (SSSR count). The van der Waals surface area contributed by atoms with E-state index in [2.05, 4.69) is 30.6 Å². The zero-order valence-corrected chi connectivity index (χ0v) is 16.5. The first-order valence-corrected chi connectivity index (χ1v) is 9.20. The SMILES string of the molecule is Cc1nn(C(C)(C)c2cnn(C)n2)cc1Nc1ncc(C(F)(F)F)c(C2CC2)n1. The molecule has 0 bridgehead atoms. The highest BCUT2D eigenvalue weighted by molar-refractivity contribution is 5.55. The Hall–Kier alpha value is -2.98. The lowest BCUT2D eigenvalue weighted by Crippen LogP contribution is -2.29. The van der Waals surface area contributed by atoms with Crippen LogP contribution in [0.5, 0.6) is 0 Å². The Kier molecular flexibility index (Phi) is 4.35. The summed E-state index contributed by atoms with van der Waals surface area (Å²) in [6.45, 7) is 5.71. The molecule has 1 fully saturated rings. The topological polar surface area (TPSA) is 86.3 Å². The molecule has 154 valence electrons. The summed E-state index contributed by atoms with van der Waals surface area (Å²) >= 11 is 0.